The average molecular weight is 212 g/mol. The molecule has 2 rings (SSSR count). The highest BCUT2D eigenvalue weighted by Crippen LogP contribution is 2.34. The molecule has 86 valence electrons. The van der Waals surface area contributed by atoms with Crippen LogP contribution in [0.25, 0.3) is 0 Å². The molecule has 2 heterocycles. The highest BCUT2D eigenvalue weighted by molar-refractivity contribution is 5.66. The molecule has 2 aliphatic heterocycles. The van der Waals surface area contributed by atoms with E-state index in [2.05, 4.69) is 4.90 Å². The van der Waals surface area contributed by atoms with E-state index in [4.69, 9.17) is 0 Å². The van der Waals surface area contributed by atoms with Crippen LogP contribution in [-0.2, 0) is 0 Å². The molecule has 2 fully saturated rings. The van der Waals surface area contributed by atoms with Gasteiger partial charge in [-0.05, 0) is 39.7 Å². The van der Waals surface area contributed by atoms with Crippen LogP contribution < -0.4 is 0 Å². The zero-order valence-corrected chi connectivity index (χ0v) is 9.73. The molecule has 1 unspecified atom stereocenters. The Balaban J connectivity index is 2.16. The van der Waals surface area contributed by atoms with Gasteiger partial charge in [-0.1, -0.05) is 0 Å². The van der Waals surface area contributed by atoms with Crippen molar-refractivity contribution in [3.8, 4) is 0 Å². The largest absolute Gasteiger partial charge is 0.465 e. The van der Waals surface area contributed by atoms with E-state index < -0.39 is 6.09 Å². The summed E-state index contributed by atoms with van der Waals surface area (Å²) in [5.41, 5.74) is -0.290. The van der Waals surface area contributed by atoms with Gasteiger partial charge < -0.3 is 10.0 Å². The van der Waals surface area contributed by atoms with Gasteiger partial charge in [0.25, 0.3) is 0 Å². The molecule has 15 heavy (non-hydrogen) atoms. The fraction of sp³-hybridized carbons (Fsp3) is 0.909. The summed E-state index contributed by atoms with van der Waals surface area (Å²) in [6.07, 6.45) is 0.381. The Morgan fingerprint density at radius 3 is 2.40 bits per heavy atom. The lowest BCUT2D eigenvalue weighted by Gasteiger charge is -2.41. The summed E-state index contributed by atoms with van der Waals surface area (Å²) in [4.78, 5) is 15.3. The summed E-state index contributed by atoms with van der Waals surface area (Å²) in [7, 11) is 0. The Morgan fingerprint density at radius 1 is 1.40 bits per heavy atom. The van der Waals surface area contributed by atoms with Crippen LogP contribution in [0.3, 0.4) is 0 Å². The third-order valence-electron chi connectivity index (χ3n) is 3.56. The number of carbonyl (C=O) groups is 1. The number of rotatable bonds is 1. The van der Waals surface area contributed by atoms with E-state index in [1.54, 1.807) is 4.90 Å². The van der Waals surface area contributed by atoms with Gasteiger partial charge in [-0.25, -0.2) is 4.79 Å². The first-order chi connectivity index (χ1) is 6.89. The highest BCUT2D eigenvalue weighted by Gasteiger charge is 2.45. The van der Waals surface area contributed by atoms with Gasteiger partial charge in [0.1, 0.15) is 0 Å². The topological polar surface area (TPSA) is 43.8 Å². The minimum absolute atomic E-state index is 0.205. The number of nitrogens with zero attached hydrogens (tertiary/aromatic N) is 2. The lowest BCUT2D eigenvalue weighted by Crippen LogP contribution is -2.55. The van der Waals surface area contributed by atoms with Crippen molar-refractivity contribution in [2.75, 3.05) is 19.6 Å². The molecule has 1 N–H and O–H groups in total. The Hall–Kier alpha value is -0.770. The van der Waals surface area contributed by atoms with Crippen molar-refractivity contribution in [1.29, 1.82) is 0 Å². The summed E-state index contributed by atoms with van der Waals surface area (Å²) >= 11 is 0. The smallest absolute Gasteiger partial charge is 0.408 e. The van der Waals surface area contributed by atoms with Gasteiger partial charge in [-0.2, -0.15) is 0 Å². The second-order valence-corrected chi connectivity index (χ2v) is 5.70. The number of fused-ring (bicyclic) bond motifs is 2. The van der Waals surface area contributed by atoms with Crippen LogP contribution in [0.5, 0.6) is 0 Å². The standard InChI is InChI=1S/C11H20N2O2/c1-11(2,3)13(10(14)15)9-7-12-5-4-8(9)6-12/h8-9H,4-7H2,1-3H3,(H,14,15)/t8-,9-/m0/s1. The normalized spacial score (nSPS) is 34.5. The van der Waals surface area contributed by atoms with Crippen molar-refractivity contribution in [3.05, 3.63) is 0 Å². The van der Waals surface area contributed by atoms with Crippen molar-refractivity contribution in [1.82, 2.24) is 9.80 Å². The molecule has 0 radical (unpaired) electrons. The third kappa shape index (κ3) is 1.83. The van der Waals surface area contributed by atoms with Gasteiger partial charge in [0, 0.05) is 18.6 Å². The molecule has 2 bridgehead atoms. The van der Waals surface area contributed by atoms with E-state index in [1.807, 2.05) is 20.8 Å². The molecule has 0 saturated carbocycles. The molecular formula is C11H20N2O2. The number of hydrogen-bond donors (Lipinski definition) is 1. The van der Waals surface area contributed by atoms with E-state index in [-0.39, 0.29) is 11.6 Å². The maximum absolute atomic E-state index is 11.3. The number of carboxylic acid groups (broad SMARTS) is 1. The quantitative estimate of drug-likeness (QED) is 0.715. The first-order valence-corrected chi connectivity index (χ1v) is 5.64. The van der Waals surface area contributed by atoms with Crippen molar-refractivity contribution in [2.45, 2.75) is 38.8 Å². The number of piperidine rings is 1. The van der Waals surface area contributed by atoms with E-state index in [0.717, 1.165) is 26.1 Å². The van der Waals surface area contributed by atoms with Crippen LogP contribution in [0.15, 0.2) is 0 Å². The summed E-state index contributed by atoms with van der Waals surface area (Å²) < 4.78 is 0. The Labute approximate surface area is 90.9 Å². The predicted molar refractivity (Wildman–Crippen MR) is 58.0 cm³/mol. The second kappa shape index (κ2) is 3.37. The van der Waals surface area contributed by atoms with Crippen LogP contribution in [0.1, 0.15) is 27.2 Å². The zero-order chi connectivity index (χ0) is 11.2. The summed E-state index contributed by atoms with van der Waals surface area (Å²) in [6, 6.07) is 0.205. The fourth-order valence-corrected chi connectivity index (χ4v) is 2.97. The Morgan fingerprint density at radius 2 is 2.07 bits per heavy atom. The predicted octanol–water partition coefficient (Wildman–Crippen LogP) is 1.47. The molecule has 0 aromatic carbocycles. The summed E-state index contributed by atoms with van der Waals surface area (Å²) in [5.74, 6) is 0.556. The fourth-order valence-electron chi connectivity index (χ4n) is 2.97. The molecule has 0 spiro atoms. The van der Waals surface area contributed by atoms with Crippen molar-refractivity contribution in [2.24, 2.45) is 5.92 Å². The van der Waals surface area contributed by atoms with E-state index in [1.165, 1.54) is 0 Å². The Bertz CT molecular complexity index is 272. The molecule has 4 nitrogen and oxygen atoms in total. The van der Waals surface area contributed by atoms with Crippen molar-refractivity contribution in [3.63, 3.8) is 0 Å². The summed E-state index contributed by atoms with van der Waals surface area (Å²) in [5, 5.41) is 9.30. The average Bonchev–Trinajstić information content (AvgIpc) is 2.60. The molecule has 2 saturated heterocycles. The van der Waals surface area contributed by atoms with Gasteiger partial charge in [-0.15, -0.1) is 0 Å². The van der Waals surface area contributed by atoms with Crippen molar-refractivity contribution < 1.29 is 9.90 Å². The van der Waals surface area contributed by atoms with E-state index in [0.29, 0.717) is 5.92 Å². The molecule has 3 atom stereocenters. The zero-order valence-electron chi connectivity index (χ0n) is 9.73. The maximum Gasteiger partial charge on any atom is 0.408 e. The molecule has 4 heteroatoms. The van der Waals surface area contributed by atoms with Gasteiger partial charge in [0.05, 0.1) is 6.04 Å². The maximum atomic E-state index is 11.3. The van der Waals surface area contributed by atoms with Crippen molar-refractivity contribution >= 4 is 6.09 Å². The SMILES string of the molecule is CC(C)(C)N(C(=O)O)[C@H]1CN2CC[C@H]1C2. The number of hydrogen-bond acceptors (Lipinski definition) is 2. The van der Waals surface area contributed by atoms with E-state index in [9.17, 15) is 9.90 Å². The highest BCUT2D eigenvalue weighted by atomic mass is 16.4. The van der Waals surface area contributed by atoms with Crippen LogP contribution in [-0.4, -0.2) is 52.2 Å². The van der Waals surface area contributed by atoms with Crippen LogP contribution in [0.4, 0.5) is 4.79 Å². The summed E-state index contributed by atoms with van der Waals surface area (Å²) in [6.45, 7) is 9.09. The molecule has 0 aliphatic carbocycles. The van der Waals surface area contributed by atoms with Crippen LogP contribution in [0, 0.1) is 5.92 Å². The lowest BCUT2D eigenvalue weighted by molar-refractivity contribution is 0.0529. The van der Waals surface area contributed by atoms with Crippen LogP contribution in [0.2, 0.25) is 0 Å². The molecule has 0 aromatic heterocycles. The number of amides is 1. The first-order valence-electron chi connectivity index (χ1n) is 5.64. The van der Waals surface area contributed by atoms with Gasteiger partial charge in [0.2, 0.25) is 0 Å². The Kier molecular flexibility index (Phi) is 2.41. The molecule has 0 aromatic rings. The van der Waals surface area contributed by atoms with Crippen LogP contribution >= 0.6 is 0 Å². The van der Waals surface area contributed by atoms with Gasteiger partial charge in [-0.3, -0.25) is 4.90 Å². The second-order valence-electron chi connectivity index (χ2n) is 5.70. The minimum Gasteiger partial charge on any atom is -0.465 e. The first kappa shape index (κ1) is 10.7. The molecular weight excluding hydrogens is 192 g/mol. The van der Waals surface area contributed by atoms with Gasteiger partial charge >= 0.3 is 6.09 Å². The third-order valence-corrected chi connectivity index (χ3v) is 3.56. The monoisotopic (exact) mass is 212 g/mol. The van der Waals surface area contributed by atoms with Gasteiger partial charge in [0.15, 0.2) is 0 Å². The van der Waals surface area contributed by atoms with E-state index >= 15 is 0 Å². The molecule has 1 amide bonds. The lowest BCUT2D eigenvalue weighted by atomic mass is 9.94. The molecule has 2 aliphatic rings. The minimum atomic E-state index is -0.777.